The SMILES string of the molecule is c1ccc(-n2c3ccccc3c3cc(N(c4ccc5sc6ccccc6c5c4)c4cccc5c4-c4cccc6cc7ccccc7c-5c46)ccc32)cc1. The van der Waals surface area contributed by atoms with Gasteiger partial charge in [-0.25, -0.2) is 0 Å². The number of benzene rings is 9. The molecule has 0 saturated heterocycles. The van der Waals surface area contributed by atoms with Crippen LogP contribution >= 0.6 is 11.3 Å². The Hall–Kier alpha value is -6.68. The molecule has 1 aliphatic rings. The molecule has 1 aliphatic carbocycles. The molecule has 246 valence electrons. The summed E-state index contributed by atoms with van der Waals surface area (Å²) in [4.78, 5) is 2.51. The van der Waals surface area contributed by atoms with Crippen molar-refractivity contribution < 1.29 is 0 Å². The van der Waals surface area contributed by atoms with Crippen molar-refractivity contribution >= 4 is 91.9 Å². The van der Waals surface area contributed by atoms with Gasteiger partial charge in [-0.2, -0.15) is 0 Å². The molecule has 0 unspecified atom stereocenters. The topological polar surface area (TPSA) is 8.17 Å². The first kappa shape index (κ1) is 29.0. The lowest BCUT2D eigenvalue weighted by Gasteiger charge is -2.28. The highest BCUT2D eigenvalue weighted by molar-refractivity contribution is 7.25. The third-order valence-corrected chi connectivity index (χ3v) is 12.4. The summed E-state index contributed by atoms with van der Waals surface area (Å²) in [7, 11) is 0. The van der Waals surface area contributed by atoms with Crippen LogP contribution in [0.3, 0.4) is 0 Å². The highest BCUT2D eigenvalue weighted by Gasteiger charge is 2.29. The van der Waals surface area contributed by atoms with Crippen LogP contribution in [0.4, 0.5) is 17.1 Å². The minimum atomic E-state index is 1.13. The van der Waals surface area contributed by atoms with E-state index in [0.717, 1.165) is 17.1 Å². The van der Waals surface area contributed by atoms with Crippen molar-refractivity contribution in [2.45, 2.75) is 0 Å². The van der Waals surface area contributed by atoms with Gasteiger partial charge in [-0.05, 0) is 111 Å². The Bertz CT molecular complexity index is 3290. The number of para-hydroxylation sites is 2. The number of hydrogen-bond acceptors (Lipinski definition) is 2. The number of nitrogens with zero attached hydrogens (tertiary/aromatic N) is 2. The molecular formula is C50H30N2S. The molecule has 2 heterocycles. The van der Waals surface area contributed by atoms with Crippen LogP contribution in [-0.4, -0.2) is 4.57 Å². The van der Waals surface area contributed by atoms with Crippen molar-refractivity contribution in [3.05, 3.63) is 182 Å². The van der Waals surface area contributed by atoms with E-state index in [4.69, 9.17) is 0 Å². The van der Waals surface area contributed by atoms with Gasteiger partial charge in [0.25, 0.3) is 0 Å². The average Bonchev–Trinajstić information content (AvgIpc) is 3.87. The lowest BCUT2D eigenvalue weighted by atomic mass is 9.96. The van der Waals surface area contributed by atoms with E-state index >= 15 is 0 Å². The maximum Gasteiger partial charge on any atom is 0.0546 e. The van der Waals surface area contributed by atoms with Crippen LogP contribution in [0.2, 0.25) is 0 Å². The summed E-state index contributed by atoms with van der Waals surface area (Å²) in [5.74, 6) is 0. The molecule has 0 amide bonds. The summed E-state index contributed by atoms with van der Waals surface area (Å²) in [5.41, 5.74) is 12.2. The van der Waals surface area contributed by atoms with E-state index in [2.05, 4.69) is 191 Å². The van der Waals surface area contributed by atoms with Gasteiger partial charge in [0.2, 0.25) is 0 Å². The summed E-state index contributed by atoms with van der Waals surface area (Å²) in [6, 6.07) is 67.3. The molecule has 0 N–H and O–H groups in total. The second kappa shape index (κ2) is 10.9. The van der Waals surface area contributed by atoms with Crippen molar-refractivity contribution in [3.8, 4) is 27.9 Å². The number of thiophene rings is 1. The lowest BCUT2D eigenvalue weighted by molar-refractivity contribution is 1.18. The summed E-state index contributed by atoms with van der Waals surface area (Å²) in [6.07, 6.45) is 0. The van der Waals surface area contributed by atoms with Gasteiger partial charge in [-0.3, -0.25) is 0 Å². The first-order valence-corrected chi connectivity index (χ1v) is 19.0. The first-order valence-electron chi connectivity index (χ1n) is 18.2. The Morgan fingerprint density at radius 1 is 0.396 bits per heavy atom. The number of aromatic nitrogens is 1. The number of anilines is 3. The molecular weight excluding hydrogens is 661 g/mol. The van der Waals surface area contributed by atoms with Gasteiger partial charge in [-0.1, -0.05) is 109 Å². The van der Waals surface area contributed by atoms with E-state index in [0.29, 0.717) is 0 Å². The van der Waals surface area contributed by atoms with E-state index < -0.39 is 0 Å². The quantitative estimate of drug-likeness (QED) is 0.167. The normalized spacial score (nSPS) is 12.2. The van der Waals surface area contributed by atoms with Gasteiger partial charge in [0.05, 0.1) is 16.7 Å². The van der Waals surface area contributed by atoms with Crippen LogP contribution in [0, 0.1) is 0 Å². The highest BCUT2D eigenvalue weighted by atomic mass is 32.1. The predicted octanol–water partition coefficient (Wildman–Crippen LogP) is 14.6. The van der Waals surface area contributed by atoms with E-state index in [1.165, 1.54) is 91.5 Å². The van der Waals surface area contributed by atoms with Crippen molar-refractivity contribution in [1.29, 1.82) is 0 Å². The first-order chi connectivity index (χ1) is 26.3. The van der Waals surface area contributed by atoms with E-state index in [1.807, 2.05) is 11.3 Å². The van der Waals surface area contributed by atoms with Crippen LogP contribution in [0.25, 0.3) is 91.5 Å². The van der Waals surface area contributed by atoms with E-state index in [-0.39, 0.29) is 0 Å². The molecule has 12 rings (SSSR count). The zero-order valence-electron chi connectivity index (χ0n) is 28.6. The fourth-order valence-electron chi connectivity index (χ4n) is 9.06. The van der Waals surface area contributed by atoms with Crippen LogP contribution in [0.15, 0.2) is 182 Å². The maximum absolute atomic E-state index is 2.51. The molecule has 0 aliphatic heterocycles. The molecule has 0 atom stereocenters. The smallest absolute Gasteiger partial charge is 0.0546 e. The second-order valence-corrected chi connectivity index (χ2v) is 15.2. The van der Waals surface area contributed by atoms with Gasteiger partial charge in [0.15, 0.2) is 0 Å². The molecule has 0 saturated carbocycles. The standard InChI is InChI=1S/C50H30N2S/c1-2-14-33(15-3-1)52-43-21-8-6-17-37(43)41-29-34(24-26-44(41)52)51(35-25-27-47-42(30-35)38-18-7-9-23-46(38)53-47)45-22-11-20-40-49(45)39-19-10-13-32-28-31-12-4-5-16-36(31)50(40)48(32)39/h1-30H. The fourth-order valence-corrected chi connectivity index (χ4v) is 10.2. The molecule has 2 aromatic heterocycles. The van der Waals surface area contributed by atoms with E-state index in [9.17, 15) is 0 Å². The van der Waals surface area contributed by atoms with Gasteiger partial charge in [0.1, 0.15) is 0 Å². The van der Waals surface area contributed by atoms with Gasteiger partial charge < -0.3 is 9.47 Å². The van der Waals surface area contributed by atoms with Gasteiger partial charge >= 0.3 is 0 Å². The monoisotopic (exact) mass is 690 g/mol. The average molecular weight is 691 g/mol. The molecule has 0 spiro atoms. The van der Waals surface area contributed by atoms with Crippen LogP contribution in [0.1, 0.15) is 0 Å². The third-order valence-electron chi connectivity index (χ3n) is 11.3. The van der Waals surface area contributed by atoms with Crippen molar-refractivity contribution in [3.63, 3.8) is 0 Å². The van der Waals surface area contributed by atoms with Crippen LogP contribution in [0.5, 0.6) is 0 Å². The Kier molecular flexibility index (Phi) is 5.96. The minimum Gasteiger partial charge on any atom is -0.310 e. The van der Waals surface area contributed by atoms with Gasteiger partial charge in [0, 0.05) is 53.6 Å². The summed E-state index contributed by atoms with van der Waals surface area (Å²) < 4.78 is 5.01. The van der Waals surface area contributed by atoms with E-state index in [1.54, 1.807) is 0 Å². The van der Waals surface area contributed by atoms with Crippen molar-refractivity contribution in [2.75, 3.05) is 4.90 Å². The molecule has 9 aromatic carbocycles. The van der Waals surface area contributed by atoms with Crippen LogP contribution in [-0.2, 0) is 0 Å². The maximum atomic E-state index is 2.51. The minimum absolute atomic E-state index is 1.13. The number of hydrogen-bond donors (Lipinski definition) is 0. The third kappa shape index (κ3) is 4.08. The molecule has 0 radical (unpaired) electrons. The number of rotatable bonds is 4. The second-order valence-electron chi connectivity index (χ2n) is 14.1. The number of fused-ring (bicyclic) bond motifs is 11. The van der Waals surface area contributed by atoms with Crippen molar-refractivity contribution in [1.82, 2.24) is 4.57 Å². The van der Waals surface area contributed by atoms with Gasteiger partial charge in [-0.15, -0.1) is 11.3 Å². The molecule has 3 heteroatoms. The summed E-state index contributed by atoms with van der Waals surface area (Å²) >= 11 is 1.87. The Labute approximate surface area is 310 Å². The molecule has 11 aromatic rings. The Balaban J connectivity index is 1.17. The van der Waals surface area contributed by atoms with Crippen molar-refractivity contribution in [2.24, 2.45) is 0 Å². The zero-order chi connectivity index (χ0) is 34.6. The molecule has 53 heavy (non-hydrogen) atoms. The Morgan fingerprint density at radius 3 is 1.96 bits per heavy atom. The highest BCUT2D eigenvalue weighted by Crippen LogP contribution is 2.56. The lowest BCUT2D eigenvalue weighted by Crippen LogP contribution is -2.11. The molecule has 0 bridgehead atoms. The summed E-state index contributed by atoms with van der Waals surface area (Å²) in [5, 5.41) is 10.3. The molecule has 0 fully saturated rings. The molecule has 2 nitrogen and oxygen atoms in total. The largest absolute Gasteiger partial charge is 0.310 e. The zero-order valence-corrected chi connectivity index (χ0v) is 29.4. The fraction of sp³-hybridized carbons (Fsp3) is 0. The predicted molar refractivity (Wildman–Crippen MR) is 228 cm³/mol. The Morgan fingerprint density at radius 2 is 1.06 bits per heavy atom. The summed E-state index contributed by atoms with van der Waals surface area (Å²) in [6.45, 7) is 0. The van der Waals surface area contributed by atoms with Crippen LogP contribution < -0.4 is 4.90 Å².